The largest absolute Gasteiger partial charge is 0.374 e. The van der Waals surface area contributed by atoms with Crippen LogP contribution in [0.15, 0.2) is 29.2 Å². The van der Waals surface area contributed by atoms with Crippen LogP contribution in [0.3, 0.4) is 0 Å². The predicted molar refractivity (Wildman–Crippen MR) is 75.9 cm³/mol. The first-order chi connectivity index (χ1) is 8.75. The number of carbonyl (C=O) groups excluding carboxylic acids is 1. The number of carbonyl (C=O) groups is 1. The minimum absolute atomic E-state index is 0.00492. The molecule has 0 saturated heterocycles. The number of amides is 1. The average Bonchev–Trinajstić information content (AvgIpc) is 2.36. The summed E-state index contributed by atoms with van der Waals surface area (Å²) in [5.74, 6) is -0.00492. The summed E-state index contributed by atoms with van der Waals surface area (Å²) >= 11 is 0. The molecule has 0 fully saturated rings. The molecule has 1 amide bonds. The molecule has 0 aliphatic heterocycles. The summed E-state index contributed by atoms with van der Waals surface area (Å²) in [7, 11) is -1.44. The van der Waals surface area contributed by atoms with Crippen LogP contribution in [0.2, 0.25) is 0 Å². The maximum Gasteiger partial charge on any atom is 0.244 e. The summed E-state index contributed by atoms with van der Waals surface area (Å²) in [6, 6.07) is 6.02. The van der Waals surface area contributed by atoms with E-state index in [1.54, 1.807) is 31.0 Å². The second kappa shape index (κ2) is 6.06. The Morgan fingerprint density at radius 1 is 1.32 bits per heavy atom. The van der Waals surface area contributed by atoms with E-state index >= 15 is 0 Å². The maximum atomic E-state index is 11.9. The molecule has 0 heterocycles. The lowest BCUT2D eigenvalue weighted by Gasteiger charge is -2.21. The average molecular weight is 284 g/mol. The third kappa shape index (κ3) is 4.24. The second-order valence-electron chi connectivity index (χ2n) is 4.51. The van der Waals surface area contributed by atoms with E-state index in [0.717, 1.165) is 11.9 Å². The molecule has 0 bridgehead atoms. The molecule has 0 aliphatic rings. The third-order valence-corrected chi connectivity index (χ3v) is 4.02. The van der Waals surface area contributed by atoms with E-state index in [-0.39, 0.29) is 16.8 Å². The van der Waals surface area contributed by atoms with Crippen LogP contribution in [0, 0.1) is 0 Å². The number of nitrogens with zero attached hydrogens (tertiary/aromatic N) is 1. The molecule has 106 valence electrons. The molecule has 1 N–H and O–H groups in total. The van der Waals surface area contributed by atoms with E-state index in [1.165, 1.54) is 12.1 Å². The number of hydrogen-bond acceptors (Lipinski definition) is 4. The van der Waals surface area contributed by atoms with Gasteiger partial charge in [-0.05, 0) is 38.1 Å². The van der Waals surface area contributed by atoms with Crippen LogP contribution in [-0.2, 0) is 14.6 Å². The molecule has 1 rings (SSSR count). The Bertz CT molecular complexity index is 538. The van der Waals surface area contributed by atoms with Gasteiger partial charge in [-0.1, -0.05) is 0 Å². The van der Waals surface area contributed by atoms with E-state index in [1.807, 2.05) is 6.92 Å². The summed E-state index contributed by atoms with van der Waals surface area (Å²) in [5, 5.41) is 3.05. The van der Waals surface area contributed by atoms with Crippen molar-refractivity contribution in [2.45, 2.75) is 24.8 Å². The third-order valence-electron chi connectivity index (χ3n) is 2.89. The highest BCUT2D eigenvalue weighted by molar-refractivity contribution is 7.90. The summed E-state index contributed by atoms with van der Waals surface area (Å²) in [6.45, 7) is 4.34. The molecule has 19 heavy (non-hydrogen) atoms. The molecule has 1 atom stereocenters. The zero-order valence-electron chi connectivity index (χ0n) is 11.7. The van der Waals surface area contributed by atoms with Gasteiger partial charge < -0.3 is 10.2 Å². The van der Waals surface area contributed by atoms with Gasteiger partial charge in [0.2, 0.25) is 5.91 Å². The fraction of sp³-hybridized carbons (Fsp3) is 0.462. The number of hydrogen-bond donors (Lipinski definition) is 1. The Labute approximate surface area is 114 Å². The van der Waals surface area contributed by atoms with Gasteiger partial charge in [-0.15, -0.1) is 0 Å². The number of rotatable bonds is 5. The molecule has 1 aromatic carbocycles. The topological polar surface area (TPSA) is 66.5 Å². The van der Waals surface area contributed by atoms with Crippen molar-refractivity contribution in [3.05, 3.63) is 24.3 Å². The molecule has 0 saturated carbocycles. The van der Waals surface area contributed by atoms with Crippen molar-refractivity contribution in [3.8, 4) is 0 Å². The van der Waals surface area contributed by atoms with Crippen LogP contribution < -0.4 is 5.32 Å². The second-order valence-corrected chi connectivity index (χ2v) is 6.53. The van der Waals surface area contributed by atoms with Gasteiger partial charge in [0.1, 0.15) is 6.04 Å². The Balaban J connectivity index is 2.76. The summed E-state index contributed by atoms with van der Waals surface area (Å²) in [4.78, 5) is 13.8. The van der Waals surface area contributed by atoms with E-state index in [2.05, 4.69) is 5.32 Å². The lowest BCUT2D eigenvalue weighted by molar-refractivity contribution is -0.130. The van der Waals surface area contributed by atoms with Crippen LogP contribution >= 0.6 is 0 Å². The molecule has 1 unspecified atom stereocenters. The molecule has 5 nitrogen and oxygen atoms in total. The number of anilines is 1. The minimum atomic E-state index is -3.18. The van der Waals surface area contributed by atoms with Gasteiger partial charge in [0.05, 0.1) is 4.90 Å². The molecule has 0 aromatic heterocycles. The lowest BCUT2D eigenvalue weighted by atomic mass is 10.2. The van der Waals surface area contributed by atoms with Crippen molar-refractivity contribution in [1.29, 1.82) is 0 Å². The van der Waals surface area contributed by atoms with E-state index in [4.69, 9.17) is 0 Å². The zero-order chi connectivity index (χ0) is 14.6. The van der Waals surface area contributed by atoms with Crippen LogP contribution in [-0.4, -0.2) is 45.1 Å². The maximum absolute atomic E-state index is 11.9. The number of sulfone groups is 1. The van der Waals surface area contributed by atoms with Crippen molar-refractivity contribution in [1.82, 2.24) is 4.90 Å². The quantitative estimate of drug-likeness (QED) is 0.887. The van der Waals surface area contributed by atoms with Crippen LogP contribution in [0.1, 0.15) is 13.8 Å². The van der Waals surface area contributed by atoms with E-state index in [9.17, 15) is 13.2 Å². The van der Waals surface area contributed by atoms with E-state index < -0.39 is 9.84 Å². The van der Waals surface area contributed by atoms with Gasteiger partial charge in [-0.25, -0.2) is 8.42 Å². The van der Waals surface area contributed by atoms with Crippen molar-refractivity contribution in [3.63, 3.8) is 0 Å². The minimum Gasteiger partial charge on any atom is -0.374 e. The van der Waals surface area contributed by atoms with Gasteiger partial charge in [-0.2, -0.15) is 0 Å². The zero-order valence-corrected chi connectivity index (χ0v) is 12.5. The van der Waals surface area contributed by atoms with E-state index in [0.29, 0.717) is 6.54 Å². The van der Waals surface area contributed by atoms with Crippen molar-refractivity contribution < 1.29 is 13.2 Å². The Morgan fingerprint density at radius 3 is 2.26 bits per heavy atom. The van der Waals surface area contributed by atoms with Gasteiger partial charge >= 0.3 is 0 Å². The SMILES string of the molecule is CCN(C)C(=O)C(C)Nc1ccc(S(C)(=O)=O)cc1. The lowest BCUT2D eigenvalue weighted by Crippen LogP contribution is -2.38. The van der Waals surface area contributed by atoms with Crippen LogP contribution in [0.4, 0.5) is 5.69 Å². The molecule has 6 heteroatoms. The van der Waals surface area contributed by atoms with Gasteiger partial charge in [0.25, 0.3) is 0 Å². The number of likely N-dealkylation sites (N-methyl/N-ethyl adjacent to an activating group) is 1. The standard InChI is InChI=1S/C13H20N2O3S/c1-5-15(3)13(16)10(2)14-11-6-8-12(9-7-11)19(4,17)18/h6-10,14H,5H2,1-4H3. The molecular weight excluding hydrogens is 264 g/mol. The summed E-state index contributed by atoms with van der Waals surface area (Å²) in [5.41, 5.74) is 0.720. The molecule has 0 spiro atoms. The highest BCUT2D eigenvalue weighted by Crippen LogP contribution is 2.15. The number of nitrogens with one attached hydrogen (secondary N) is 1. The summed E-state index contributed by atoms with van der Waals surface area (Å²) < 4.78 is 22.6. The Kier molecular flexibility index (Phi) is 4.94. The van der Waals surface area contributed by atoms with Crippen LogP contribution in [0.25, 0.3) is 0 Å². The van der Waals surface area contributed by atoms with Crippen molar-refractivity contribution in [2.75, 3.05) is 25.2 Å². The first-order valence-corrected chi connectivity index (χ1v) is 7.96. The van der Waals surface area contributed by atoms with Crippen LogP contribution in [0.5, 0.6) is 0 Å². The fourth-order valence-electron chi connectivity index (χ4n) is 1.60. The Morgan fingerprint density at radius 2 is 1.84 bits per heavy atom. The smallest absolute Gasteiger partial charge is 0.244 e. The first kappa shape index (κ1) is 15.5. The van der Waals surface area contributed by atoms with Crippen molar-refractivity contribution in [2.24, 2.45) is 0 Å². The Hall–Kier alpha value is -1.56. The first-order valence-electron chi connectivity index (χ1n) is 6.07. The number of benzene rings is 1. The molecule has 0 radical (unpaired) electrons. The highest BCUT2D eigenvalue weighted by Gasteiger charge is 2.16. The van der Waals surface area contributed by atoms with Gasteiger partial charge in [-0.3, -0.25) is 4.79 Å². The molecular formula is C13H20N2O3S. The van der Waals surface area contributed by atoms with Crippen molar-refractivity contribution >= 4 is 21.4 Å². The summed E-state index contributed by atoms with van der Waals surface area (Å²) in [6.07, 6.45) is 1.16. The molecule has 1 aromatic rings. The fourth-order valence-corrected chi connectivity index (χ4v) is 2.23. The monoisotopic (exact) mass is 284 g/mol. The highest BCUT2D eigenvalue weighted by atomic mass is 32.2. The molecule has 0 aliphatic carbocycles. The van der Waals surface area contributed by atoms with Gasteiger partial charge in [0, 0.05) is 25.5 Å². The normalized spacial score (nSPS) is 12.8. The predicted octanol–water partition coefficient (Wildman–Crippen LogP) is 1.37. The van der Waals surface area contributed by atoms with Gasteiger partial charge in [0.15, 0.2) is 9.84 Å².